The van der Waals surface area contributed by atoms with Gasteiger partial charge in [0.1, 0.15) is 0 Å². The van der Waals surface area contributed by atoms with Crippen LogP contribution in [0.3, 0.4) is 0 Å². The van der Waals surface area contributed by atoms with Gasteiger partial charge in [-0.3, -0.25) is 14.9 Å². The van der Waals surface area contributed by atoms with Crippen LogP contribution < -0.4 is 5.32 Å². The van der Waals surface area contributed by atoms with Crippen molar-refractivity contribution in [3.63, 3.8) is 0 Å². The first-order valence-electron chi connectivity index (χ1n) is 6.41. The maximum atomic E-state index is 12.4. The topological polar surface area (TPSA) is 60.0 Å². The molecule has 0 saturated carbocycles. The number of benzene rings is 1. The molecule has 1 fully saturated rings. The number of nitrogens with zero attached hydrogens (tertiary/aromatic N) is 1. The Bertz CT molecular complexity index is 448. The van der Waals surface area contributed by atoms with E-state index >= 15 is 0 Å². The van der Waals surface area contributed by atoms with E-state index < -0.39 is 5.91 Å². The van der Waals surface area contributed by atoms with Crippen LogP contribution >= 0.6 is 0 Å². The molecule has 1 aliphatic rings. The second-order valence-electron chi connectivity index (χ2n) is 4.53. The number of carbonyl (C=O) groups is 1. The summed E-state index contributed by atoms with van der Waals surface area (Å²) in [4.78, 5) is 17.7. The second kappa shape index (κ2) is 6.43. The Hall–Kier alpha value is -1.31. The average molecular weight is 280 g/mol. The van der Waals surface area contributed by atoms with Crippen LogP contribution in [0.15, 0.2) is 30.3 Å². The van der Waals surface area contributed by atoms with Gasteiger partial charge in [-0.1, -0.05) is 30.3 Å². The molecule has 2 rings (SSSR count). The van der Waals surface area contributed by atoms with Crippen molar-refractivity contribution in [1.29, 1.82) is 0 Å². The Balaban J connectivity index is 2.12. The highest BCUT2D eigenvalue weighted by atomic mass is 16.8. The molecule has 110 valence electrons. The van der Waals surface area contributed by atoms with E-state index in [0.29, 0.717) is 18.7 Å². The van der Waals surface area contributed by atoms with Crippen molar-refractivity contribution in [2.24, 2.45) is 0 Å². The van der Waals surface area contributed by atoms with Gasteiger partial charge in [0.2, 0.25) is 0 Å². The summed E-state index contributed by atoms with van der Waals surface area (Å²) >= 11 is 0. The lowest BCUT2D eigenvalue weighted by atomic mass is 10.0. The minimum absolute atomic E-state index is 0.0217. The molecule has 6 heteroatoms. The number of hydrogen-bond acceptors (Lipinski definition) is 6. The quantitative estimate of drug-likeness (QED) is 0.631. The highest BCUT2D eigenvalue weighted by molar-refractivity contribution is 6.00. The standard InChI is InChI=1S/C14H20N2O4/c1-18-14(19-2)10-15-12(9-16(14)20-3)13(17)11-7-5-4-6-8-11/h4-8,12,15H,9-10H2,1-3H3. The summed E-state index contributed by atoms with van der Waals surface area (Å²) in [5, 5.41) is 4.69. The average Bonchev–Trinajstić information content (AvgIpc) is 2.54. The second-order valence-corrected chi connectivity index (χ2v) is 4.53. The Morgan fingerprint density at radius 1 is 1.25 bits per heavy atom. The van der Waals surface area contributed by atoms with Crippen LogP contribution in [0.4, 0.5) is 0 Å². The number of Topliss-reactive ketones (excluding diaryl/α,β-unsaturated/α-hetero) is 1. The van der Waals surface area contributed by atoms with Crippen molar-refractivity contribution in [1.82, 2.24) is 10.4 Å². The third kappa shape index (κ3) is 2.74. The van der Waals surface area contributed by atoms with Gasteiger partial charge in [-0.15, -0.1) is 5.06 Å². The third-order valence-electron chi connectivity index (χ3n) is 3.53. The molecular weight excluding hydrogens is 260 g/mol. The lowest BCUT2D eigenvalue weighted by Crippen LogP contribution is -2.67. The molecule has 0 aliphatic carbocycles. The molecule has 1 heterocycles. The van der Waals surface area contributed by atoms with Gasteiger partial charge in [-0.25, -0.2) is 0 Å². The number of hydroxylamine groups is 2. The number of rotatable bonds is 5. The van der Waals surface area contributed by atoms with E-state index in [1.165, 1.54) is 26.4 Å². The monoisotopic (exact) mass is 280 g/mol. The van der Waals surface area contributed by atoms with Gasteiger partial charge in [-0.05, 0) is 0 Å². The van der Waals surface area contributed by atoms with Crippen molar-refractivity contribution >= 4 is 5.78 Å². The van der Waals surface area contributed by atoms with Crippen molar-refractivity contribution in [3.05, 3.63) is 35.9 Å². The Kier molecular flexibility index (Phi) is 4.85. The van der Waals surface area contributed by atoms with E-state index in [4.69, 9.17) is 14.3 Å². The summed E-state index contributed by atoms with van der Waals surface area (Å²) in [6.07, 6.45) is 0. The van der Waals surface area contributed by atoms with E-state index in [0.717, 1.165) is 0 Å². The van der Waals surface area contributed by atoms with Crippen LogP contribution in [0.5, 0.6) is 0 Å². The molecule has 1 saturated heterocycles. The molecule has 1 aromatic carbocycles. The molecule has 0 radical (unpaired) electrons. The maximum Gasteiger partial charge on any atom is 0.264 e. The molecule has 0 spiro atoms. The van der Waals surface area contributed by atoms with Gasteiger partial charge in [-0.2, -0.15) is 0 Å². The summed E-state index contributed by atoms with van der Waals surface area (Å²) in [5.41, 5.74) is 0.670. The minimum atomic E-state index is -1.01. The smallest absolute Gasteiger partial charge is 0.264 e. The predicted octanol–water partition coefficient (Wildman–Crippen LogP) is 0.651. The van der Waals surface area contributed by atoms with Crippen LogP contribution in [0.1, 0.15) is 10.4 Å². The maximum absolute atomic E-state index is 12.4. The predicted molar refractivity (Wildman–Crippen MR) is 73.0 cm³/mol. The van der Waals surface area contributed by atoms with Gasteiger partial charge in [0, 0.05) is 19.8 Å². The number of nitrogens with one attached hydrogen (secondary N) is 1. The van der Waals surface area contributed by atoms with E-state index in [2.05, 4.69) is 5.32 Å². The third-order valence-corrected chi connectivity index (χ3v) is 3.53. The fourth-order valence-corrected chi connectivity index (χ4v) is 2.33. The van der Waals surface area contributed by atoms with Crippen molar-refractivity contribution in [3.8, 4) is 0 Å². The molecule has 0 aromatic heterocycles. The SMILES string of the molecule is CON1CC(C(=O)c2ccccc2)NCC1(OC)OC. The normalized spacial score (nSPS) is 22.6. The van der Waals surface area contributed by atoms with Crippen LogP contribution in [-0.4, -0.2) is 57.2 Å². The highest BCUT2D eigenvalue weighted by Gasteiger charge is 2.45. The van der Waals surface area contributed by atoms with Gasteiger partial charge >= 0.3 is 0 Å². The van der Waals surface area contributed by atoms with Crippen LogP contribution in [0, 0.1) is 0 Å². The van der Waals surface area contributed by atoms with Crippen molar-refractivity contribution < 1.29 is 19.1 Å². The Morgan fingerprint density at radius 2 is 1.90 bits per heavy atom. The fraction of sp³-hybridized carbons (Fsp3) is 0.500. The summed E-state index contributed by atoms with van der Waals surface area (Å²) in [6.45, 7) is 0.670. The van der Waals surface area contributed by atoms with Crippen LogP contribution in [-0.2, 0) is 14.3 Å². The molecule has 0 bridgehead atoms. The molecule has 1 aliphatic heterocycles. The minimum Gasteiger partial charge on any atom is -0.338 e. The van der Waals surface area contributed by atoms with Crippen LogP contribution in [0.2, 0.25) is 0 Å². The van der Waals surface area contributed by atoms with E-state index in [1.807, 2.05) is 18.2 Å². The van der Waals surface area contributed by atoms with E-state index in [9.17, 15) is 4.79 Å². The first-order chi connectivity index (χ1) is 9.66. The number of methoxy groups -OCH3 is 2. The zero-order valence-electron chi connectivity index (χ0n) is 12.0. The summed E-state index contributed by atoms with van der Waals surface area (Å²) in [5.74, 6) is -0.990. The lowest BCUT2D eigenvalue weighted by Gasteiger charge is -2.44. The molecule has 1 N–H and O–H groups in total. The first-order valence-corrected chi connectivity index (χ1v) is 6.41. The van der Waals surface area contributed by atoms with Gasteiger partial charge in [0.05, 0.1) is 26.2 Å². The summed E-state index contributed by atoms with van der Waals surface area (Å²) in [7, 11) is 4.61. The largest absolute Gasteiger partial charge is 0.338 e. The molecular formula is C14H20N2O4. The van der Waals surface area contributed by atoms with Gasteiger partial charge in [0.15, 0.2) is 5.78 Å². The van der Waals surface area contributed by atoms with E-state index in [1.54, 1.807) is 12.1 Å². The van der Waals surface area contributed by atoms with E-state index in [-0.39, 0.29) is 11.8 Å². The fourth-order valence-electron chi connectivity index (χ4n) is 2.33. The van der Waals surface area contributed by atoms with Gasteiger partial charge < -0.3 is 9.47 Å². The number of carbonyl (C=O) groups excluding carboxylic acids is 1. The number of ketones is 1. The lowest BCUT2D eigenvalue weighted by molar-refractivity contribution is -0.394. The number of hydrogen-bond donors (Lipinski definition) is 1. The van der Waals surface area contributed by atoms with Crippen molar-refractivity contribution in [2.45, 2.75) is 12.0 Å². The number of piperazine rings is 1. The molecule has 0 amide bonds. The molecule has 1 atom stereocenters. The first kappa shape index (κ1) is 15.1. The summed E-state index contributed by atoms with van der Waals surface area (Å²) < 4.78 is 10.7. The summed E-state index contributed by atoms with van der Waals surface area (Å²) in [6, 6.07) is 8.81. The molecule has 6 nitrogen and oxygen atoms in total. The highest BCUT2D eigenvalue weighted by Crippen LogP contribution is 2.22. The number of ether oxygens (including phenoxy) is 2. The van der Waals surface area contributed by atoms with Crippen molar-refractivity contribution in [2.75, 3.05) is 34.4 Å². The zero-order chi connectivity index (χ0) is 14.6. The zero-order valence-corrected chi connectivity index (χ0v) is 12.0. The Morgan fingerprint density at radius 3 is 2.45 bits per heavy atom. The molecule has 1 unspecified atom stereocenters. The van der Waals surface area contributed by atoms with Crippen LogP contribution in [0.25, 0.3) is 0 Å². The molecule has 20 heavy (non-hydrogen) atoms. The molecule has 1 aromatic rings. The Labute approximate surface area is 118 Å². The van der Waals surface area contributed by atoms with Gasteiger partial charge in [0.25, 0.3) is 5.91 Å².